The van der Waals surface area contributed by atoms with Crippen molar-refractivity contribution in [3.63, 3.8) is 0 Å². The third-order valence-corrected chi connectivity index (χ3v) is 12.1. The van der Waals surface area contributed by atoms with Crippen molar-refractivity contribution in [1.82, 2.24) is 4.90 Å². The van der Waals surface area contributed by atoms with Gasteiger partial charge < -0.3 is 14.6 Å². The highest BCUT2D eigenvalue weighted by Gasteiger charge is 2.66. The summed E-state index contributed by atoms with van der Waals surface area (Å²) in [4.78, 5) is 2.62. The lowest BCUT2D eigenvalue weighted by molar-refractivity contribution is -0.865. The van der Waals surface area contributed by atoms with Gasteiger partial charge in [0.1, 0.15) is 0 Å². The second-order valence-corrected chi connectivity index (χ2v) is 14.0. The van der Waals surface area contributed by atoms with Gasteiger partial charge in [-0.15, -0.1) is 0 Å². The van der Waals surface area contributed by atoms with Gasteiger partial charge in [0.2, 0.25) is 0 Å². The van der Waals surface area contributed by atoms with Gasteiger partial charge in [0.05, 0.1) is 31.3 Å². The highest BCUT2D eigenvalue weighted by molar-refractivity contribution is 5.83. The number of hydroxylamine groups is 3. The Balaban J connectivity index is 1.10. The molecule has 2 aromatic carbocycles. The summed E-state index contributed by atoms with van der Waals surface area (Å²) in [6.45, 7) is 5.89. The molecule has 2 bridgehead atoms. The molecule has 2 saturated heterocycles. The topological polar surface area (TPSA) is 35.5 Å². The van der Waals surface area contributed by atoms with E-state index in [0.717, 1.165) is 45.4 Å². The molecule has 2 aromatic rings. The number of benzene rings is 2. The van der Waals surface area contributed by atoms with Gasteiger partial charge in [0, 0.05) is 19.1 Å². The van der Waals surface area contributed by atoms with Gasteiger partial charge in [-0.05, 0) is 96.1 Å². The van der Waals surface area contributed by atoms with Gasteiger partial charge in [0.15, 0.2) is 0 Å². The van der Waals surface area contributed by atoms with Crippen LogP contribution >= 0.6 is 0 Å². The number of quaternary nitrogens is 1. The maximum atomic E-state index is 12.5. The molecule has 0 radical (unpaired) electrons. The number of piperazine rings is 1. The summed E-state index contributed by atoms with van der Waals surface area (Å²) in [6.07, 6.45) is 14.7. The summed E-state index contributed by atoms with van der Waals surface area (Å²) in [7, 11) is 1.84. The van der Waals surface area contributed by atoms with Gasteiger partial charge in [0.25, 0.3) is 0 Å². The van der Waals surface area contributed by atoms with E-state index < -0.39 is 0 Å². The van der Waals surface area contributed by atoms with Crippen LogP contribution < -0.4 is 0 Å². The average Bonchev–Trinajstić information content (AvgIpc) is 3.43. The highest BCUT2D eigenvalue weighted by atomic mass is 16.5. The number of hydrogen-bond acceptors (Lipinski definition) is 3. The number of ether oxygens (including phenoxy) is 1. The van der Waals surface area contributed by atoms with Crippen molar-refractivity contribution in [3.8, 4) is 0 Å². The molecule has 4 nitrogen and oxygen atoms in total. The summed E-state index contributed by atoms with van der Waals surface area (Å²) in [5.74, 6) is 1.17. The lowest BCUT2D eigenvalue weighted by atomic mass is 9.58. The minimum Gasteiger partial charge on any atom is -0.633 e. The molecule has 3 aliphatic carbocycles. The fourth-order valence-corrected chi connectivity index (χ4v) is 9.94. The van der Waals surface area contributed by atoms with Crippen LogP contribution in [0.1, 0.15) is 69.8 Å². The molecule has 3 aliphatic heterocycles. The Kier molecular flexibility index (Phi) is 5.05. The first kappa shape index (κ1) is 23.9. The zero-order chi connectivity index (χ0) is 25.8. The largest absolute Gasteiger partial charge is 0.633 e. The van der Waals surface area contributed by atoms with Crippen molar-refractivity contribution < 1.29 is 9.38 Å². The summed E-state index contributed by atoms with van der Waals surface area (Å²) >= 11 is 0. The third kappa shape index (κ3) is 3.30. The number of allylic oxidation sites excluding steroid dienone is 1. The zero-order valence-electron chi connectivity index (χ0n) is 23.1. The lowest BCUT2D eigenvalue weighted by Crippen LogP contribution is -2.59. The SMILES string of the molecule is C[C@]12CC=C3C=C4CC[C@@H](N5CC[N+](C)([O-])CC5)C[C@]45CC[C@]3(O5)[C@@H]1CC[C@@H]2c1ccc2ccccc2c1. The smallest absolute Gasteiger partial charge is 0.0974 e. The molecule has 0 unspecified atom stereocenters. The molecule has 0 aromatic heterocycles. The van der Waals surface area contributed by atoms with Crippen LogP contribution in [0.5, 0.6) is 0 Å². The van der Waals surface area contributed by atoms with Crippen molar-refractivity contribution in [1.29, 1.82) is 0 Å². The summed E-state index contributed by atoms with van der Waals surface area (Å²) in [5, 5.41) is 15.2. The van der Waals surface area contributed by atoms with E-state index in [-0.39, 0.29) is 21.3 Å². The van der Waals surface area contributed by atoms with E-state index in [9.17, 15) is 5.21 Å². The molecule has 4 heteroatoms. The standard InChI is InChI=1S/C34H42N2O2/c1-32-14-13-28-22-27-9-10-29(35-17-19-36(2,37)20-18-35)23-33(27)15-16-34(28,38-33)31(32)12-11-30(32)26-8-7-24-5-3-4-6-25(24)21-26/h3-8,13,21-22,29-31H,9-12,14-20,23H2,1-2H3/t29-,30-,31-,32-,33-,34-/m1/s1. The first-order chi connectivity index (χ1) is 18.3. The van der Waals surface area contributed by atoms with Crippen molar-refractivity contribution in [2.45, 2.75) is 81.5 Å². The Hall–Kier alpha value is -1.98. The molecular formula is C34H42N2O2. The van der Waals surface area contributed by atoms with Crippen LogP contribution in [0, 0.1) is 16.5 Å². The summed E-state index contributed by atoms with van der Waals surface area (Å²) < 4.78 is 7.47. The van der Waals surface area contributed by atoms with Crippen molar-refractivity contribution in [3.05, 3.63) is 76.5 Å². The van der Waals surface area contributed by atoms with E-state index in [4.69, 9.17) is 4.74 Å². The molecule has 4 fully saturated rings. The van der Waals surface area contributed by atoms with Crippen LogP contribution in [0.25, 0.3) is 10.8 Å². The second kappa shape index (κ2) is 8.04. The Labute approximate surface area is 227 Å². The molecule has 6 atom stereocenters. The van der Waals surface area contributed by atoms with Crippen LogP contribution in [-0.4, -0.2) is 60.0 Å². The predicted octanol–water partition coefficient (Wildman–Crippen LogP) is 6.71. The molecule has 2 saturated carbocycles. The lowest BCUT2D eigenvalue weighted by Gasteiger charge is -2.55. The van der Waals surface area contributed by atoms with Crippen molar-refractivity contribution in [2.24, 2.45) is 11.3 Å². The van der Waals surface area contributed by atoms with Gasteiger partial charge in [-0.3, -0.25) is 4.90 Å². The number of fused-ring (bicyclic) bond motifs is 2. The van der Waals surface area contributed by atoms with E-state index in [1.165, 1.54) is 54.0 Å². The molecule has 0 amide bonds. The Morgan fingerprint density at radius 3 is 2.66 bits per heavy atom. The first-order valence-corrected chi connectivity index (χ1v) is 15.2. The Bertz CT molecular complexity index is 1350. The minimum atomic E-state index is -0.101. The summed E-state index contributed by atoms with van der Waals surface area (Å²) in [5.41, 5.74) is 4.66. The number of rotatable bonds is 2. The highest BCUT2D eigenvalue weighted by Crippen LogP contribution is 2.69. The molecule has 38 heavy (non-hydrogen) atoms. The predicted molar refractivity (Wildman–Crippen MR) is 153 cm³/mol. The fraction of sp³-hybridized carbons (Fsp3) is 0.588. The monoisotopic (exact) mass is 510 g/mol. The van der Waals surface area contributed by atoms with E-state index in [2.05, 4.69) is 66.4 Å². The summed E-state index contributed by atoms with van der Waals surface area (Å²) in [6, 6.07) is 16.6. The molecule has 2 spiro atoms. The Morgan fingerprint density at radius 1 is 1.00 bits per heavy atom. The van der Waals surface area contributed by atoms with Gasteiger partial charge >= 0.3 is 0 Å². The zero-order valence-corrected chi connectivity index (χ0v) is 23.1. The fourth-order valence-electron chi connectivity index (χ4n) is 9.94. The Morgan fingerprint density at radius 2 is 1.82 bits per heavy atom. The van der Waals surface area contributed by atoms with Crippen molar-refractivity contribution >= 4 is 10.8 Å². The molecule has 8 rings (SSSR count). The van der Waals surface area contributed by atoms with Crippen LogP contribution in [0.3, 0.4) is 0 Å². The van der Waals surface area contributed by atoms with Gasteiger partial charge in [-0.1, -0.05) is 61.5 Å². The quantitative estimate of drug-likeness (QED) is 0.333. The maximum absolute atomic E-state index is 12.5. The molecule has 0 N–H and O–H groups in total. The number of hydrogen-bond donors (Lipinski definition) is 0. The van der Waals surface area contributed by atoms with E-state index >= 15 is 0 Å². The van der Waals surface area contributed by atoms with Gasteiger partial charge in [-0.25, -0.2) is 0 Å². The maximum Gasteiger partial charge on any atom is 0.0974 e. The van der Waals surface area contributed by atoms with Crippen LogP contribution in [0.4, 0.5) is 0 Å². The van der Waals surface area contributed by atoms with E-state index in [1.807, 2.05) is 7.05 Å². The van der Waals surface area contributed by atoms with E-state index in [0.29, 0.717) is 17.9 Å². The van der Waals surface area contributed by atoms with Gasteiger partial charge in [-0.2, -0.15) is 0 Å². The average molecular weight is 511 g/mol. The molecule has 200 valence electrons. The van der Waals surface area contributed by atoms with Crippen LogP contribution in [-0.2, 0) is 4.74 Å². The van der Waals surface area contributed by atoms with Crippen LogP contribution in [0.2, 0.25) is 0 Å². The van der Waals surface area contributed by atoms with Crippen molar-refractivity contribution in [2.75, 3.05) is 33.2 Å². The third-order valence-electron chi connectivity index (χ3n) is 12.1. The molecular weight excluding hydrogens is 468 g/mol. The normalized spacial score (nSPS) is 41.7. The first-order valence-electron chi connectivity index (χ1n) is 15.2. The molecule has 3 heterocycles. The number of likely N-dealkylation sites (N-methyl/N-ethyl adjacent to an activating group) is 1. The molecule has 6 aliphatic rings. The second-order valence-electron chi connectivity index (χ2n) is 14.0. The number of nitrogens with zero attached hydrogens (tertiary/aromatic N) is 2. The van der Waals surface area contributed by atoms with Crippen LogP contribution in [0.15, 0.2) is 65.8 Å². The minimum absolute atomic E-state index is 0.0768. The van der Waals surface area contributed by atoms with E-state index in [1.54, 1.807) is 5.57 Å².